The molecule has 4 aromatic rings. The minimum absolute atomic E-state index is 0.0602. The van der Waals surface area contributed by atoms with Crippen molar-refractivity contribution in [3.8, 4) is 11.5 Å². The molecule has 9 nitrogen and oxygen atoms in total. The maximum Gasteiger partial charge on any atom is 0.304 e. The van der Waals surface area contributed by atoms with Gasteiger partial charge in [-0.15, -0.1) is 5.10 Å². The van der Waals surface area contributed by atoms with Gasteiger partial charge in [-0.25, -0.2) is 4.68 Å². The quantitative estimate of drug-likeness (QED) is 0.392. The Morgan fingerprint density at radius 1 is 1.11 bits per heavy atom. The van der Waals surface area contributed by atoms with Crippen LogP contribution in [0.2, 0.25) is 0 Å². The molecule has 1 aliphatic rings. The van der Waals surface area contributed by atoms with Crippen LogP contribution in [0.3, 0.4) is 0 Å². The zero-order valence-corrected chi connectivity index (χ0v) is 21.0. The first-order valence-electron chi connectivity index (χ1n) is 12.0. The largest absolute Gasteiger partial charge is 0.497 e. The number of hydrogen-bond donors (Lipinski definition) is 1. The Hall–Kier alpha value is -4.40. The van der Waals surface area contributed by atoms with E-state index in [4.69, 9.17) is 9.47 Å². The van der Waals surface area contributed by atoms with Crippen LogP contribution in [0.15, 0.2) is 54.6 Å². The van der Waals surface area contributed by atoms with Crippen LogP contribution in [0.1, 0.15) is 45.0 Å². The van der Waals surface area contributed by atoms with Crippen molar-refractivity contribution in [3.05, 3.63) is 82.4 Å². The van der Waals surface area contributed by atoms with E-state index in [-0.39, 0.29) is 12.3 Å². The predicted octanol–water partition coefficient (Wildman–Crippen LogP) is 3.79. The topological polar surface area (TPSA) is 107 Å². The normalized spacial score (nSPS) is 13.9. The molecule has 1 amide bonds. The minimum atomic E-state index is -0.927. The molecule has 190 valence electrons. The van der Waals surface area contributed by atoms with Crippen molar-refractivity contribution >= 4 is 22.9 Å². The van der Waals surface area contributed by atoms with E-state index in [9.17, 15) is 14.7 Å². The number of carboxylic acids is 1. The second-order valence-electron chi connectivity index (χ2n) is 9.15. The molecule has 2 heterocycles. The van der Waals surface area contributed by atoms with Crippen LogP contribution in [0.4, 0.5) is 0 Å². The van der Waals surface area contributed by atoms with Gasteiger partial charge in [-0.1, -0.05) is 29.5 Å². The van der Waals surface area contributed by atoms with Crippen LogP contribution >= 0.6 is 0 Å². The number of fused-ring (bicyclic) bond motifs is 2. The number of aliphatic carboxylic acids is 1. The highest BCUT2D eigenvalue weighted by molar-refractivity contribution is 5.97. The molecule has 37 heavy (non-hydrogen) atoms. The van der Waals surface area contributed by atoms with E-state index >= 15 is 0 Å². The van der Waals surface area contributed by atoms with Gasteiger partial charge in [-0.3, -0.25) is 9.59 Å². The summed E-state index contributed by atoms with van der Waals surface area (Å²) in [5.74, 6) is -0.126. The summed E-state index contributed by atoms with van der Waals surface area (Å²) in [6.45, 7) is 1.03. The summed E-state index contributed by atoms with van der Waals surface area (Å²) in [4.78, 5) is 27.3. The first-order chi connectivity index (χ1) is 17.9. The fourth-order valence-corrected chi connectivity index (χ4v) is 5.15. The SMILES string of the molecule is COc1ccc(CN2CCc3c(cccc3C(CC(=O)O)c3cc(OC)c4c(c3)nnn4C)C2=O)cc1. The smallest absolute Gasteiger partial charge is 0.304 e. The van der Waals surface area contributed by atoms with Crippen molar-refractivity contribution in [2.24, 2.45) is 7.05 Å². The molecule has 1 atom stereocenters. The molecule has 1 unspecified atom stereocenters. The molecule has 1 N–H and O–H groups in total. The number of hydrogen-bond acceptors (Lipinski definition) is 6. The van der Waals surface area contributed by atoms with Gasteiger partial charge >= 0.3 is 5.97 Å². The molecule has 0 fully saturated rings. The summed E-state index contributed by atoms with van der Waals surface area (Å²) in [5.41, 5.74) is 5.47. The maximum absolute atomic E-state index is 13.5. The molecule has 0 aliphatic carbocycles. The molecular formula is C28H28N4O5. The number of nitrogens with zero attached hydrogens (tertiary/aromatic N) is 4. The third kappa shape index (κ3) is 4.60. The van der Waals surface area contributed by atoms with Crippen LogP contribution in [0, 0.1) is 0 Å². The number of carbonyl (C=O) groups excluding carboxylic acids is 1. The highest BCUT2D eigenvalue weighted by Crippen LogP contribution is 2.38. The van der Waals surface area contributed by atoms with Crippen molar-refractivity contribution in [1.29, 1.82) is 0 Å². The zero-order valence-electron chi connectivity index (χ0n) is 21.0. The van der Waals surface area contributed by atoms with E-state index in [1.807, 2.05) is 59.5 Å². The van der Waals surface area contributed by atoms with Crippen molar-refractivity contribution in [2.45, 2.75) is 25.3 Å². The lowest BCUT2D eigenvalue weighted by Gasteiger charge is -2.31. The number of amides is 1. The van der Waals surface area contributed by atoms with E-state index in [0.717, 1.165) is 33.5 Å². The molecule has 5 rings (SSSR count). The molecule has 0 bridgehead atoms. The summed E-state index contributed by atoms with van der Waals surface area (Å²) in [7, 11) is 4.97. The summed E-state index contributed by atoms with van der Waals surface area (Å²) in [5, 5.41) is 18.1. The van der Waals surface area contributed by atoms with Crippen LogP contribution in [0.5, 0.6) is 11.5 Å². The molecule has 0 saturated carbocycles. The number of aromatic nitrogens is 3. The first-order valence-corrected chi connectivity index (χ1v) is 12.0. The van der Waals surface area contributed by atoms with Crippen molar-refractivity contribution < 1.29 is 24.2 Å². The highest BCUT2D eigenvalue weighted by Gasteiger charge is 2.30. The Balaban J connectivity index is 1.52. The standard InChI is InChI=1S/C28H28N4O5/c1-31-27-24(29-30-31)13-18(14-25(27)37-3)23(15-26(33)34)20-5-4-6-22-21(20)11-12-32(28(22)35)16-17-7-9-19(36-2)10-8-17/h4-10,13-14,23H,11-12,15-16H2,1-3H3,(H,33,34). The lowest BCUT2D eigenvalue weighted by Crippen LogP contribution is -2.37. The second-order valence-corrected chi connectivity index (χ2v) is 9.15. The number of carbonyl (C=O) groups is 2. The molecule has 0 saturated heterocycles. The van der Waals surface area contributed by atoms with Gasteiger partial charge in [0.2, 0.25) is 0 Å². The fraction of sp³-hybridized carbons (Fsp3) is 0.286. The third-order valence-electron chi connectivity index (χ3n) is 6.96. The van der Waals surface area contributed by atoms with E-state index < -0.39 is 11.9 Å². The van der Waals surface area contributed by atoms with Gasteiger partial charge < -0.3 is 19.5 Å². The number of carboxylic acid groups (broad SMARTS) is 1. The van der Waals surface area contributed by atoms with E-state index in [1.54, 1.807) is 25.9 Å². The van der Waals surface area contributed by atoms with Crippen LogP contribution in [-0.2, 0) is 24.8 Å². The lowest BCUT2D eigenvalue weighted by molar-refractivity contribution is -0.137. The van der Waals surface area contributed by atoms with Gasteiger partial charge in [0.05, 0.1) is 20.6 Å². The van der Waals surface area contributed by atoms with Crippen molar-refractivity contribution in [1.82, 2.24) is 19.9 Å². The average molecular weight is 501 g/mol. The molecule has 1 aromatic heterocycles. The summed E-state index contributed by atoms with van der Waals surface area (Å²) < 4.78 is 12.5. The zero-order chi connectivity index (χ0) is 26.1. The van der Waals surface area contributed by atoms with Crippen LogP contribution in [0.25, 0.3) is 11.0 Å². The molecule has 0 spiro atoms. The number of benzene rings is 3. The Labute approximate surface area is 214 Å². The summed E-state index contributed by atoms with van der Waals surface area (Å²) in [6.07, 6.45) is 0.503. The van der Waals surface area contributed by atoms with Gasteiger partial charge in [-0.2, -0.15) is 0 Å². The Kier molecular flexibility index (Phi) is 6.52. The van der Waals surface area contributed by atoms with Crippen molar-refractivity contribution in [2.75, 3.05) is 20.8 Å². The highest BCUT2D eigenvalue weighted by atomic mass is 16.5. The number of aryl methyl sites for hydroxylation is 1. The van der Waals surface area contributed by atoms with Crippen LogP contribution in [-0.4, -0.2) is 57.6 Å². The molecule has 0 radical (unpaired) electrons. The van der Waals surface area contributed by atoms with Gasteiger partial charge in [0.1, 0.15) is 22.5 Å². The lowest BCUT2D eigenvalue weighted by atomic mass is 9.81. The number of methoxy groups -OCH3 is 2. The van der Waals surface area contributed by atoms with E-state index in [0.29, 0.717) is 36.3 Å². The van der Waals surface area contributed by atoms with Gasteiger partial charge in [-0.05, 0) is 59.0 Å². The third-order valence-corrected chi connectivity index (χ3v) is 6.96. The maximum atomic E-state index is 13.5. The molecule has 3 aromatic carbocycles. The summed E-state index contributed by atoms with van der Waals surface area (Å²) in [6, 6.07) is 17.0. The van der Waals surface area contributed by atoms with E-state index in [2.05, 4.69) is 10.3 Å². The summed E-state index contributed by atoms with van der Waals surface area (Å²) >= 11 is 0. The molecular weight excluding hydrogens is 472 g/mol. The second kappa shape index (κ2) is 9.93. The Morgan fingerprint density at radius 3 is 2.59 bits per heavy atom. The fourth-order valence-electron chi connectivity index (χ4n) is 5.15. The predicted molar refractivity (Wildman–Crippen MR) is 137 cm³/mol. The molecule has 1 aliphatic heterocycles. The molecule has 9 heteroatoms. The minimum Gasteiger partial charge on any atom is -0.497 e. The average Bonchev–Trinajstić information content (AvgIpc) is 3.29. The number of rotatable bonds is 8. The Bertz CT molecular complexity index is 1480. The first kappa shape index (κ1) is 24.3. The van der Waals surface area contributed by atoms with Gasteiger partial charge in [0, 0.05) is 31.6 Å². The number of ether oxygens (including phenoxy) is 2. The Morgan fingerprint density at radius 2 is 1.89 bits per heavy atom. The monoisotopic (exact) mass is 500 g/mol. The van der Waals surface area contributed by atoms with E-state index in [1.165, 1.54) is 0 Å². The van der Waals surface area contributed by atoms with Gasteiger partial charge in [0.25, 0.3) is 5.91 Å². The van der Waals surface area contributed by atoms with Crippen LogP contribution < -0.4 is 9.47 Å². The van der Waals surface area contributed by atoms with Crippen molar-refractivity contribution in [3.63, 3.8) is 0 Å². The van der Waals surface area contributed by atoms with Gasteiger partial charge in [0.15, 0.2) is 0 Å².